The van der Waals surface area contributed by atoms with Crippen molar-refractivity contribution in [3.8, 4) is 0 Å². The molecular weight excluding hydrogens is 132 g/mol. The largest absolute Gasteiger partial charge is 0.0988 e. The van der Waals surface area contributed by atoms with Crippen molar-refractivity contribution in [2.24, 2.45) is 5.92 Å². The predicted octanol–water partition coefficient (Wildman–Crippen LogP) is 3.25. The summed E-state index contributed by atoms with van der Waals surface area (Å²) < 4.78 is 0. The van der Waals surface area contributed by atoms with E-state index in [1.807, 2.05) is 12.2 Å². The lowest BCUT2D eigenvalue weighted by Crippen LogP contribution is -1.98. The van der Waals surface area contributed by atoms with Crippen LogP contribution in [0.3, 0.4) is 0 Å². The maximum Gasteiger partial charge on any atom is -0.0212 e. The Morgan fingerprint density at radius 2 is 2.18 bits per heavy atom. The molecule has 0 saturated heterocycles. The van der Waals surface area contributed by atoms with Gasteiger partial charge in [0.15, 0.2) is 0 Å². The highest BCUT2D eigenvalue weighted by atomic mass is 14.1. The molecule has 1 rings (SSSR count). The first-order valence-electron chi connectivity index (χ1n) is 3.94. The van der Waals surface area contributed by atoms with Gasteiger partial charge in [-0.3, -0.25) is 0 Å². The molecule has 1 atom stereocenters. The molecule has 1 unspecified atom stereocenters. The Kier molecular flexibility index (Phi) is 2.48. The first-order valence-corrected chi connectivity index (χ1v) is 3.94. The summed E-state index contributed by atoms with van der Waals surface area (Å²) in [7, 11) is 0. The van der Waals surface area contributed by atoms with E-state index >= 15 is 0 Å². The SMILES string of the molecule is C=CC1=C(C=C)CC(C)C=C1. The molecule has 0 heterocycles. The second-order valence-electron chi connectivity index (χ2n) is 2.93. The van der Waals surface area contributed by atoms with E-state index in [4.69, 9.17) is 0 Å². The van der Waals surface area contributed by atoms with Crippen molar-refractivity contribution in [1.82, 2.24) is 0 Å². The zero-order valence-electron chi connectivity index (χ0n) is 7.01. The molecule has 0 aliphatic heterocycles. The van der Waals surface area contributed by atoms with Crippen LogP contribution in [0.5, 0.6) is 0 Å². The molecule has 0 nitrogen and oxygen atoms in total. The third-order valence-electron chi connectivity index (χ3n) is 1.98. The quantitative estimate of drug-likeness (QED) is 0.561. The van der Waals surface area contributed by atoms with Gasteiger partial charge in [0, 0.05) is 0 Å². The first kappa shape index (κ1) is 8.06. The van der Waals surface area contributed by atoms with E-state index in [1.54, 1.807) is 0 Å². The molecule has 0 radical (unpaired) electrons. The van der Waals surface area contributed by atoms with Crippen molar-refractivity contribution in [3.63, 3.8) is 0 Å². The maximum atomic E-state index is 3.78. The predicted molar refractivity (Wildman–Crippen MR) is 50.3 cm³/mol. The molecule has 0 saturated carbocycles. The van der Waals surface area contributed by atoms with Gasteiger partial charge in [0.1, 0.15) is 0 Å². The smallest absolute Gasteiger partial charge is 0.0212 e. The van der Waals surface area contributed by atoms with Gasteiger partial charge in [0.2, 0.25) is 0 Å². The topological polar surface area (TPSA) is 0 Å². The summed E-state index contributed by atoms with van der Waals surface area (Å²) in [5.74, 6) is 0.645. The Labute approximate surface area is 68.6 Å². The van der Waals surface area contributed by atoms with Crippen molar-refractivity contribution in [1.29, 1.82) is 0 Å². The zero-order chi connectivity index (χ0) is 8.27. The minimum absolute atomic E-state index is 0.645. The van der Waals surface area contributed by atoms with Crippen molar-refractivity contribution < 1.29 is 0 Å². The molecule has 0 spiro atoms. The van der Waals surface area contributed by atoms with E-state index in [0.717, 1.165) is 6.42 Å². The highest BCUT2D eigenvalue weighted by Gasteiger charge is 2.07. The summed E-state index contributed by atoms with van der Waals surface area (Å²) in [6, 6.07) is 0. The fourth-order valence-corrected chi connectivity index (χ4v) is 1.31. The van der Waals surface area contributed by atoms with Crippen molar-refractivity contribution in [2.75, 3.05) is 0 Å². The van der Waals surface area contributed by atoms with Crippen molar-refractivity contribution in [2.45, 2.75) is 13.3 Å². The van der Waals surface area contributed by atoms with Gasteiger partial charge in [-0.25, -0.2) is 0 Å². The van der Waals surface area contributed by atoms with Crippen LogP contribution in [-0.2, 0) is 0 Å². The van der Waals surface area contributed by atoms with Gasteiger partial charge in [-0.2, -0.15) is 0 Å². The van der Waals surface area contributed by atoms with E-state index in [1.165, 1.54) is 11.1 Å². The summed E-state index contributed by atoms with van der Waals surface area (Å²) in [6.45, 7) is 9.74. The lowest BCUT2D eigenvalue weighted by molar-refractivity contribution is 0.714. The molecule has 1 aliphatic carbocycles. The van der Waals surface area contributed by atoms with Crippen molar-refractivity contribution in [3.05, 3.63) is 48.6 Å². The Balaban J connectivity index is 2.93. The van der Waals surface area contributed by atoms with Crippen LogP contribution < -0.4 is 0 Å². The van der Waals surface area contributed by atoms with Gasteiger partial charge in [0.05, 0.1) is 0 Å². The third kappa shape index (κ3) is 1.70. The van der Waals surface area contributed by atoms with E-state index in [0.29, 0.717) is 5.92 Å². The average molecular weight is 146 g/mol. The maximum absolute atomic E-state index is 3.78. The van der Waals surface area contributed by atoms with Crippen LogP contribution in [0.1, 0.15) is 13.3 Å². The second-order valence-corrected chi connectivity index (χ2v) is 2.93. The molecule has 0 N–H and O–H groups in total. The van der Waals surface area contributed by atoms with Crippen LogP contribution in [0.2, 0.25) is 0 Å². The van der Waals surface area contributed by atoms with E-state index in [-0.39, 0.29) is 0 Å². The molecule has 0 heteroatoms. The Bertz CT molecular complexity index is 228. The normalized spacial score (nSPS) is 23.5. The van der Waals surface area contributed by atoms with Crippen molar-refractivity contribution >= 4 is 0 Å². The molecule has 0 amide bonds. The van der Waals surface area contributed by atoms with Gasteiger partial charge >= 0.3 is 0 Å². The van der Waals surface area contributed by atoms with Gasteiger partial charge < -0.3 is 0 Å². The lowest BCUT2D eigenvalue weighted by Gasteiger charge is -2.14. The first-order chi connectivity index (χ1) is 5.27. The van der Waals surface area contributed by atoms with E-state index < -0.39 is 0 Å². The van der Waals surface area contributed by atoms with Crippen LogP contribution in [0.15, 0.2) is 48.6 Å². The fourth-order valence-electron chi connectivity index (χ4n) is 1.31. The summed E-state index contributed by atoms with van der Waals surface area (Å²) >= 11 is 0. The van der Waals surface area contributed by atoms with Gasteiger partial charge in [-0.15, -0.1) is 0 Å². The molecular formula is C11H14. The van der Waals surface area contributed by atoms with Gasteiger partial charge in [-0.1, -0.05) is 44.4 Å². The molecule has 0 aromatic rings. The standard InChI is InChI=1S/C11H14/c1-4-10-7-6-9(3)8-11(10)5-2/h4-7,9H,1-2,8H2,3H3. The molecule has 0 fully saturated rings. The van der Waals surface area contributed by atoms with Gasteiger partial charge in [-0.05, 0) is 23.5 Å². The summed E-state index contributed by atoms with van der Waals surface area (Å²) in [5.41, 5.74) is 2.54. The Hall–Kier alpha value is -1.04. The van der Waals surface area contributed by atoms with E-state index in [9.17, 15) is 0 Å². The molecule has 0 aromatic heterocycles. The number of hydrogen-bond donors (Lipinski definition) is 0. The molecule has 0 bridgehead atoms. The summed E-state index contributed by atoms with van der Waals surface area (Å²) in [4.78, 5) is 0. The second kappa shape index (κ2) is 3.38. The minimum atomic E-state index is 0.645. The average Bonchev–Trinajstić information content (AvgIpc) is 2.04. The van der Waals surface area contributed by atoms with Crippen LogP contribution in [0.25, 0.3) is 0 Å². The molecule has 11 heavy (non-hydrogen) atoms. The lowest BCUT2D eigenvalue weighted by atomic mass is 9.91. The van der Waals surface area contributed by atoms with Crippen LogP contribution >= 0.6 is 0 Å². The van der Waals surface area contributed by atoms with Crippen LogP contribution in [-0.4, -0.2) is 0 Å². The highest BCUT2D eigenvalue weighted by Crippen LogP contribution is 2.24. The molecule has 0 aromatic carbocycles. The Morgan fingerprint density at radius 1 is 1.45 bits per heavy atom. The van der Waals surface area contributed by atoms with Crippen LogP contribution in [0, 0.1) is 5.92 Å². The summed E-state index contributed by atoms with van der Waals surface area (Å²) in [6.07, 6.45) is 9.25. The molecule has 58 valence electrons. The third-order valence-corrected chi connectivity index (χ3v) is 1.98. The number of rotatable bonds is 2. The zero-order valence-corrected chi connectivity index (χ0v) is 7.01. The van der Waals surface area contributed by atoms with Crippen LogP contribution in [0.4, 0.5) is 0 Å². The summed E-state index contributed by atoms with van der Waals surface area (Å²) in [5, 5.41) is 0. The Morgan fingerprint density at radius 3 is 2.73 bits per heavy atom. The minimum Gasteiger partial charge on any atom is -0.0988 e. The highest BCUT2D eigenvalue weighted by molar-refractivity contribution is 5.42. The van der Waals surface area contributed by atoms with E-state index in [2.05, 4.69) is 32.2 Å². The monoisotopic (exact) mass is 146 g/mol. The van der Waals surface area contributed by atoms with Gasteiger partial charge in [0.25, 0.3) is 0 Å². The number of hydrogen-bond acceptors (Lipinski definition) is 0. The molecule has 1 aliphatic rings. The fraction of sp³-hybridized carbons (Fsp3) is 0.273. The number of allylic oxidation sites excluding steroid dienone is 6.